The molecule has 240 valence electrons. The average Bonchev–Trinajstić information content (AvgIpc) is 2.94. The van der Waals surface area contributed by atoms with Gasteiger partial charge in [0.05, 0.1) is 20.1 Å². The molecule has 0 saturated heterocycles. The van der Waals surface area contributed by atoms with Gasteiger partial charge in [-0.3, -0.25) is 4.79 Å². The van der Waals surface area contributed by atoms with Crippen LogP contribution in [0.3, 0.4) is 0 Å². The summed E-state index contributed by atoms with van der Waals surface area (Å²) in [5, 5.41) is 11.9. The summed E-state index contributed by atoms with van der Waals surface area (Å²) in [5.41, 5.74) is -1.14. The normalized spacial score (nSPS) is 13.6. The van der Waals surface area contributed by atoms with Gasteiger partial charge in [0.15, 0.2) is 11.4 Å². The van der Waals surface area contributed by atoms with Crippen LogP contribution in [0.4, 0.5) is 0 Å². The Labute approximate surface area is 253 Å². The van der Waals surface area contributed by atoms with E-state index in [9.17, 15) is 9.90 Å². The Bertz CT molecular complexity index is 540. The highest BCUT2D eigenvalue weighted by atomic mass is 16.3. The fraction of sp³-hybridized carbons (Fsp3) is 0.973. The standard InChI is InChI=1S/C37H76NO2/c1-6-10-14-16-18-20-21-22-24-26-28-30-32-37(40,35-38(5,33-12-8-3)34-13-9-4)36(39)31-29-27-25-23-19-17-15-11-7-2/h40H,6-35H2,1-5H3/q+1. The molecule has 0 bridgehead atoms. The average molecular weight is 567 g/mol. The van der Waals surface area contributed by atoms with Gasteiger partial charge >= 0.3 is 0 Å². The molecule has 1 atom stereocenters. The number of rotatable bonds is 32. The largest absolute Gasteiger partial charge is 0.377 e. The molecule has 3 heteroatoms. The lowest BCUT2D eigenvalue weighted by atomic mass is 9.86. The zero-order chi connectivity index (χ0) is 29.8. The van der Waals surface area contributed by atoms with Crippen molar-refractivity contribution in [3.05, 3.63) is 0 Å². The SMILES string of the molecule is CCCCCCCCCCCCCCC(O)(C[N+](C)(CCCC)CCCC)C(=O)CCCCCCCCCCC. The quantitative estimate of drug-likeness (QED) is 0.0649. The van der Waals surface area contributed by atoms with Crippen molar-refractivity contribution in [2.24, 2.45) is 0 Å². The summed E-state index contributed by atoms with van der Waals surface area (Å²) < 4.78 is 0.847. The lowest BCUT2D eigenvalue weighted by Gasteiger charge is -2.41. The predicted octanol–water partition coefficient (Wildman–Crippen LogP) is 11.3. The number of ketones is 1. The van der Waals surface area contributed by atoms with E-state index >= 15 is 0 Å². The maximum absolute atomic E-state index is 13.6. The summed E-state index contributed by atoms with van der Waals surface area (Å²) in [6.45, 7) is 11.8. The molecule has 0 heterocycles. The third-order valence-corrected chi connectivity index (χ3v) is 9.22. The minimum atomic E-state index is -1.14. The van der Waals surface area contributed by atoms with E-state index < -0.39 is 5.60 Å². The van der Waals surface area contributed by atoms with Crippen LogP contribution < -0.4 is 0 Å². The van der Waals surface area contributed by atoms with Crippen molar-refractivity contribution < 1.29 is 14.4 Å². The lowest BCUT2D eigenvalue weighted by Crippen LogP contribution is -2.58. The number of likely N-dealkylation sites (N-methyl/N-ethyl adjacent to an activating group) is 1. The van der Waals surface area contributed by atoms with Gasteiger partial charge in [0.1, 0.15) is 6.54 Å². The molecule has 0 amide bonds. The number of carbonyl (C=O) groups excluding carboxylic acids is 1. The van der Waals surface area contributed by atoms with Crippen LogP contribution in [0.1, 0.15) is 201 Å². The van der Waals surface area contributed by atoms with E-state index in [0.29, 0.717) is 19.4 Å². The second kappa shape index (κ2) is 27.4. The first-order valence-electron chi connectivity index (χ1n) is 18.5. The number of hydrogen-bond acceptors (Lipinski definition) is 2. The predicted molar refractivity (Wildman–Crippen MR) is 178 cm³/mol. The monoisotopic (exact) mass is 567 g/mol. The van der Waals surface area contributed by atoms with Gasteiger partial charge in [-0.15, -0.1) is 0 Å². The second-order valence-corrected chi connectivity index (χ2v) is 13.6. The summed E-state index contributed by atoms with van der Waals surface area (Å²) in [7, 11) is 2.30. The Morgan fingerprint density at radius 1 is 0.500 bits per heavy atom. The number of hydrogen-bond donors (Lipinski definition) is 1. The summed E-state index contributed by atoms with van der Waals surface area (Å²) in [4.78, 5) is 13.6. The Hall–Kier alpha value is -0.410. The van der Waals surface area contributed by atoms with Gasteiger partial charge in [0, 0.05) is 6.42 Å². The molecule has 1 unspecified atom stereocenters. The minimum Gasteiger partial charge on any atom is -0.377 e. The molecule has 0 aromatic carbocycles. The second-order valence-electron chi connectivity index (χ2n) is 13.6. The fourth-order valence-corrected chi connectivity index (χ4v) is 6.38. The van der Waals surface area contributed by atoms with Gasteiger partial charge in [0.2, 0.25) is 0 Å². The van der Waals surface area contributed by atoms with E-state index in [2.05, 4.69) is 34.7 Å². The molecule has 0 aliphatic carbocycles. The maximum Gasteiger partial charge on any atom is 0.171 e. The van der Waals surface area contributed by atoms with Crippen molar-refractivity contribution in [2.75, 3.05) is 26.7 Å². The van der Waals surface area contributed by atoms with Gasteiger partial charge in [-0.2, -0.15) is 0 Å². The number of quaternary nitrogens is 1. The molecule has 0 fully saturated rings. The maximum atomic E-state index is 13.6. The molecular formula is C37H76NO2+. The zero-order valence-electron chi connectivity index (χ0n) is 28.5. The summed E-state index contributed by atoms with van der Waals surface area (Å²) >= 11 is 0. The van der Waals surface area contributed by atoms with Gasteiger partial charge in [0.25, 0.3) is 0 Å². The third kappa shape index (κ3) is 22.2. The Morgan fingerprint density at radius 2 is 0.825 bits per heavy atom. The number of Topliss-reactive ketones (excluding diaryl/α,β-unsaturated/α-hetero) is 1. The Kier molecular flexibility index (Phi) is 27.1. The van der Waals surface area contributed by atoms with E-state index in [1.165, 1.54) is 135 Å². The summed E-state index contributed by atoms with van der Waals surface area (Å²) in [6, 6.07) is 0. The molecule has 0 spiro atoms. The first-order chi connectivity index (χ1) is 19.4. The van der Waals surface area contributed by atoms with Crippen molar-refractivity contribution in [3.8, 4) is 0 Å². The number of carbonyl (C=O) groups is 1. The van der Waals surface area contributed by atoms with E-state index in [1.54, 1.807) is 0 Å². The molecule has 0 aromatic heterocycles. The molecule has 0 aliphatic rings. The first kappa shape index (κ1) is 39.6. The van der Waals surface area contributed by atoms with E-state index in [1.807, 2.05) is 0 Å². The van der Waals surface area contributed by atoms with Crippen LogP contribution in [-0.4, -0.2) is 47.7 Å². The van der Waals surface area contributed by atoms with Crippen molar-refractivity contribution in [1.82, 2.24) is 0 Å². The molecule has 0 saturated carbocycles. The minimum absolute atomic E-state index is 0.135. The molecule has 3 nitrogen and oxygen atoms in total. The Morgan fingerprint density at radius 3 is 1.20 bits per heavy atom. The van der Waals surface area contributed by atoms with Crippen LogP contribution in [-0.2, 0) is 4.79 Å². The first-order valence-corrected chi connectivity index (χ1v) is 18.5. The topological polar surface area (TPSA) is 37.3 Å². The van der Waals surface area contributed by atoms with Crippen molar-refractivity contribution in [1.29, 1.82) is 0 Å². The van der Waals surface area contributed by atoms with Crippen molar-refractivity contribution >= 4 is 5.78 Å². The van der Waals surface area contributed by atoms with Crippen LogP contribution in [0.5, 0.6) is 0 Å². The number of nitrogens with zero attached hydrogens (tertiary/aromatic N) is 1. The van der Waals surface area contributed by atoms with Gasteiger partial charge in [-0.05, 0) is 32.1 Å². The molecule has 40 heavy (non-hydrogen) atoms. The van der Waals surface area contributed by atoms with Crippen LogP contribution in [0, 0.1) is 0 Å². The smallest absolute Gasteiger partial charge is 0.171 e. The fourth-order valence-electron chi connectivity index (χ4n) is 6.38. The van der Waals surface area contributed by atoms with Gasteiger partial charge < -0.3 is 9.59 Å². The molecule has 0 aliphatic heterocycles. The van der Waals surface area contributed by atoms with Crippen LogP contribution in [0.15, 0.2) is 0 Å². The van der Waals surface area contributed by atoms with Crippen molar-refractivity contribution in [3.63, 3.8) is 0 Å². The molecule has 1 N–H and O–H groups in total. The molecule has 0 radical (unpaired) electrons. The van der Waals surface area contributed by atoms with Gasteiger partial charge in [-0.25, -0.2) is 0 Å². The van der Waals surface area contributed by atoms with Crippen LogP contribution >= 0.6 is 0 Å². The van der Waals surface area contributed by atoms with Crippen molar-refractivity contribution in [2.45, 2.75) is 207 Å². The highest BCUT2D eigenvalue weighted by Gasteiger charge is 2.42. The molecule has 0 rings (SSSR count). The van der Waals surface area contributed by atoms with Gasteiger partial charge in [-0.1, -0.05) is 163 Å². The number of unbranched alkanes of at least 4 members (excludes halogenated alkanes) is 21. The Balaban J connectivity index is 4.69. The van der Waals surface area contributed by atoms with E-state index in [-0.39, 0.29) is 5.78 Å². The lowest BCUT2D eigenvalue weighted by molar-refractivity contribution is -0.914. The molecular weight excluding hydrogens is 490 g/mol. The van der Waals surface area contributed by atoms with Crippen LogP contribution in [0.25, 0.3) is 0 Å². The zero-order valence-corrected chi connectivity index (χ0v) is 28.5. The molecule has 0 aromatic rings. The van der Waals surface area contributed by atoms with E-state index in [4.69, 9.17) is 0 Å². The van der Waals surface area contributed by atoms with Crippen LogP contribution in [0.2, 0.25) is 0 Å². The summed E-state index contributed by atoms with van der Waals surface area (Å²) in [6.07, 6.45) is 33.0. The third-order valence-electron chi connectivity index (χ3n) is 9.22. The summed E-state index contributed by atoms with van der Waals surface area (Å²) in [5.74, 6) is 0.135. The van der Waals surface area contributed by atoms with E-state index in [0.717, 1.165) is 43.3 Å². The number of aliphatic hydroxyl groups is 1. The highest BCUT2D eigenvalue weighted by molar-refractivity contribution is 5.87. The highest BCUT2D eigenvalue weighted by Crippen LogP contribution is 2.26.